The summed E-state index contributed by atoms with van der Waals surface area (Å²) in [5.41, 5.74) is 1.50. The number of amides is 2. The number of nitrogens with one attached hydrogen (secondary N) is 2. The molecule has 7 heteroatoms. The summed E-state index contributed by atoms with van der Waals surface area (Å²) in [5.74, 6) is -1.03. The fourth-order valence-corrected chi connectivity index (χ4v) is 1.63. The lowest BCUT2D eigenvalue weighted by atomic mass is 10.2. The molecule has 108 valence electrons. The molecule has 0 atom stereocenters. The topological polar surface area (TPSA) is 104 Å². The van der Waals surface area contributed by atoms with Crippen molar-refractivity contribution in [3.8, 4) is 0 Å². The molecule has 2 aromatic rings. The Hall–Kier alpha value is -2.96. The van der Waals surface area contributed by atoms with Gasteiger partial charge in [0.25, 0.3) is 0 Å². The number of hydrogen-bond donors (Lipinski definition) is 3. The quantitative estimate of drug-likeness (QED) is 0.765. The van der Waals surface area contributed by atoms with Crippen LogP contribution in [0.25, 0.3) is 0 Å². The molecule has 0 aliphatic carbocycles. The number of carbonyl (C=O) groups is 2. The Balaban J connectivity index is 1.81. The van der Waals surface area contributed by atoms with E-state index in [-0.39, 0.29) is 18.1 Å². The van der Waals surface area contributed by atoms with E-state index >= 15 is 0 Å². The van der Waals surface area contributed by atoms with Gasteiger partial charge in [-0.3, -0.25) is 9.97 Å². The molecule has 0 unspecified atom stereocenters. The number of aromatic carboxylic acids is 1. The molecule has 2 heterocycles. The highest BCUT2D eigenvalue weighted by atomic mass is 16.4. The summed E-state index contributed by atoms with van der Waals surface area (Å²) < 4.78 is 0. The van der Waals surface area contributed by atoms with Crippen LogP contribution in [-0.4, -0.2) is 27.1 Å². The zero-order chi connectivity index (χ0) is 15.1. The smallest absolute Gasteiger partial charge is 0.335 e. The normalized spacial score (nSPS) is 9.90. The van der Waals surface area contributed by atoms with Crippen LogP contribution in [0.1, 0.15) is 21.6 Å². The fraction of sp³-hybridized carbons (Fsp3) is 0.143. The third-order valence-corrected chi connectivity index (χ3v) is 2.67. The van der Waals surface area contributed by atoms with Crippen LogP contribution in [-0.2, 0) is 13.1 Å². The van der Waals surface area contributed by atoms with Crippen molar-refractivity contribution < 1.29 is 14.7 Å². The van der Waals surface area contributed by atoms with Gasteiger partial charge in [0.15, 0.2) is 0 Å². The Morgan fingerprint density at radius 2 is 1.95 bits per heavy atom. The third kappa shape index (κ3) is 4.57. The molecule has 0 saturated heterocycles. The van der Waals surface area contributed by atoms with E-state index in [0.717, 1.165) is 5.56 Å². The van der Waals surface area contributed by atoms with Crippen LogP contribution in [0.2, 0.25) is 0 Å². The van der Waals surface area contributed by atoms with Crippen LogP contribution in [0.4, 0.5) is 4.79 Å². The maximum absolute atomic E-state index is 11.6. The van der Waals surface area contributed by atoms with Crippen molar-refractivity contribution in [1.82, 2.24) is 20.6 Å². The predicted octanol–water partition coefficient (Wildman–Crippen LogP) is 1.17. The summed E-state index contributed by atoms with van der Waals surface area (Å²) >= 11 is 0. The van der Waals surface area contributed by atoms with Gasteiger partial charge in [-0.25, -0.2) is 9.59 Å². The first-order valence-electron chi connectivity index (χ1n) is 6.24. The largest absolute Gasteiger partial charge is 0.478 e. The lowest BCUT2D eigenvalue weighted by Gasteiger charge is -2.07. The van der Waals surface area contributed by atoms with Crippen LogP contribution in [0, 0.1) is 0 Å². The highest BCUT2D eigenvalue weighted by Gasteiger charge is 2.05. The molecule has 0 aromatic carbocycles. The number of pyridine rings is 2. The van der Waals surface area contributed by atoms with Gasteiger partial charge in [-0.1, -0.05) is 6.07 Å². The van der Waals surface area contributed by atoms with E-state index in [4.69, 9.17) is 5.11 Å². The summed E-state index contributed by atoms with van der Waals surface area (Å²) in [6.45, 7) is 0.516. The Morgan fingerprint density at radius 3 is 2.67 bits per heavy atom. The molecule has 2 aromatic heterocycles. The Bertz CT molecular complexity index is 631. The summed E-state index contributed by atoms with van der Waals surface area (Å²) in [5, 5.41) is 14.1. The zero-order valence-electron chi connectivity index (χ0n) is 11.1. The molecule has 0 spiro atoms. The zero-order valence-corrected chi connectivity index (χ0v) is 11.1. The first-order chi connectivity index (χ1) is 10.1. The van der Waals surface area contributed by atoms with E-state index in [1.807, 2.05) is 6.07 Å². The molecule has 3 N–H and O–H groups in total. The monoisotopic (exact) mass is 286 g/mol. The van der Waals surface area contributed by atoms with Crippen molar-refractivity contribution >= 4 is 12.0 Å². The number of carboxylic acid groups (broad SMARTS) is 1. The first kappa shape index (κ1) is 14.4. The number of urea groups is 1. The van der Waals surface area contributed by atoms with E-state index in [2.05, 4.69) is 20.6 Å². The van der Waals surface area contributed by atoms with E-state index < -0.39 is 5.97 Å². The molecule has 21 heavy (non-hydrogen) atoms. The minimum atomic E-state index is -1.03. The van der Waals surface area contributed by atoms with Crippen LogP contribution in [0.15, 0.2) is 42.9 Å². The molecule has 0 fully saturated rings. The highest BCUT2D eigenvalue weighted by molar-refractivity contribution is 5.87. The second-order valence-electron chi connectivity index (χ2n) is 4.24. The summed E-state index contributed by atoms with van der Waals surface area (Å²) in [4.78, 5) is 30.4. The highest BCUT2D eigenvalue weighted by Crippen LogP contribution is 2.01. The van der Waals surface area contributed by atoms with Crippen molar-refractivity contribution in [3.05, 3.63) is 59.7 Å². The van der Waals surface area contributed by atoms with Gasteiger partial charge in [0.2, 0.25) is 0 Å². The molecule has 2 rings (SSSR count). The SMILES string of the molecule is O=C(NCc1cccnc1)NCc1cc(C(=O)O)ccn1. The third-order valence-electron chi connectivity index (χ3n) is 2.67. The molecule has 0 saturated carbocycles. The van der Waals surface area contributed by atoms with Gasteiger partial charge < -0.3 is 15.7 Å². The number of hydrogen-bond acceptors (Lipinski definition) is 4. The van der Waals surface area contributed by atoms with E-state index in [1.54, 1.807) is 18.5 Å². The van der Waals surface area contributed by atoms with Crippen molar-refractivity contribution in [2.75, 3.05) is 0 Å². The van der Waals surface area contributed by atoms with E-state index in [0.29, 0.717) is 12.2 Å². The lowest BCUT2D eigenvalue weighted by molar-refractivity contribution is 0.0696. The average Bonchev–Trinajstić information content (AvgIpc) is 2.52. The molecule has 0 bridgehead atoms. The Kier molecular flexibility index (Phi) is 4.81. The maximum Gasteiger partial charge on any atom is 0.335 e. The summed E-state index contributed by atoms with van der Waals surface area (Å²) in [6, 6.07) is 6.10. The molecule has 0 radical (unpaired) electrons. The molecular weight excluding hydrogens is 272 g/mol. The first-order valence-corrected chi connectivity index (χ1v) is 6.24. The number of aromatic nitrogens is 2. The minimum Gasteiger partial charge on any atom is -0.478 e. The maximum atomic E-state index is 11.6. The van der Waals surface area contributed by atoms with Gasteiger partial charge in [0.05, 0.1) is 17.8 Å². The lowest BCUT2D eigenvalue weighted by Crippen LogP contribution is -2.34. The van der Waals surface area contributed by atoms with Crippen LogP contribution in [0.3, 0.4) is 0 Å². The minimum absolute atomic E-state index is 0.137. The van der Waals surface area contributed by atoms with E-state index in [1.165, 1.54) is 18.3 Å². The van der Waals surface area contributed by atoms with Gasteiger partial charge in [0.1, 0.15) is 0 Å². The molecule has 7 nitrogen and oxygen atoms in total. The van der Waals surface area contributed by atoms with Gasteiger partial charge in [-0.2, -0.15) is 0 Å². The summed E-state index contributed by atoms with van der Waals surface area (Å²) in [7, 11) is 0. The molecule has 2 amide bonds. The standard InChI is InChI=1S/C14H14N4O3/c19-13(20)11-3-5-16-12(6-11)9-18-14(21)17-8-10-2-1-4-15-7-10/h1-7H,8-9H2,(H,19,20)(H2,17,18,21). The Labute approximate surface area is 121 Å². The van der Waals surface area contributed by atoms with Crippen molar-refractivity contribution in [3.63, 3.8) is 0 Å². The molecular formula is C14H14N4O3. The van der Waals surface area contributed by atoms with Crippen molar-refractivity contribution in [2.24, 2.45) is 0 Å². The van der Waals surface area contributed by atoms with Gasteiger partial charge >= 0.3 is 12.0 Å². The van der Waals surface area contributed by atoms with Gasteiger partial charge in [-0.05, 0) is 23.8 Å². The number of rotatable bonds is 5. The van der Waals surface area contributed by atoms with Gasteiger partial charge in [-0.15, -0.1) is 0 Å². The van der Waals surface area contributed by atoms with E-state index in [9.17, 15) is 9.59 Å². The number of carbonyl (C=O) groups excluding carboxylic acids is 1. The van der Waals surface area contributed by atoms with Crippen molar-refractivity contribution in [1.29, 1.82) is 0 Å². The Morgan fingerprint density at radius 1 is 1.14 bits per heavy atom. The second kappa shape index (κ2) is 6.99. The molecule has 0 aliphatic heterocycles. The molecule has 0 aliphatic rings. The van der Waals surface area contributed by atoms with Crippen LogP contribution < -0.4 is 10.6 Å². The summed E-state index contributed by atoms with van der Waals surface area (Å²) in [6.07, 6.45) is 4.72. The fourth-order valence-electron chi connectivity index (χ4n) is 1.63. The van der Waals surface area contributed by atoms with Crippen LogP contribution >= 0.6 is 0 Å². The number of nitrogens with zero attached hydrogens (tertiary/aromatic N) is 2. The predicted molar refractivity (Wildman–Crippen MR) is 74.5 cm³/mol. The second-order valence-corrected chi connectivity index (χ2v) is 4.24. The van der Waals surface area contributed by atoms with Crippen LogP contribution in [0.5, 0.6) is 0 Å². The van der Waals surface area contributed by atoms with Crippen molar-refractivity contribution in [2.45, 2.75) is 13.1 Å². The van der Waals surface area contributed by atoms with Gasteiger partial charge in [0, 0.05) is 25.1 Å². The average molecular weight is 286 g/mol. The number of carboxylic acids is 1.